The lowest BCUT2D eigenvalue weighted by molar-refractivity contribution is 0.155. The van der Waals surface area contributed by atoms with Gasteiger partial charge in [0, 0.05) is 18.8 Å². The van der Waals surface area contributed by atoms with Crippen LogP contribution in [0.3, 0.4) is 0 Å². The molecule has 0 atom stereocenters. The molecule has 0 amide bonds. The highest BCUT2D eigenvalue weighted by Gasteiger charge is 2.25. The molecule has 1 aromatic carbocycles. The van der Waals surface area contributed by atoms with E-state index in [1.807, 2.05) is 0 Å². The van der Waals surface area contributed by atoms with Crippen LogP contribution in [-0.2, 0) is 14.3 Å². The fourth-order valence-corrected chi connectivity index (χ4v) is 4.55. The van der Waals surface area contributed by atoms with Gasteiger partial charge in [0.15, 0.2) is 0 Å². The standard InChI is InChI=1S/C18H27NO3S/c1-23(20,21)22-18-10-8-15(9-11-18)16-6-5-7-17(14-16)19-12-3-2-4-13-19/h5-7,14-15,18H,2-4,8-13H2,1H3. The van der Waals surface area contributed by atoms with Crippen molar-refractivity contribution in [2.24, 2.45) is 0 Å². The number of piperidine rings is 1. The van der Waals surface area contributed by atoms with Gasteiger partial charge in [-0.1, -0.05) is 12.1 Å². The van der Waals surface area contributed by atoms with E-state index < -0.39 is 10.1 Å². The van der Waals surface area contributed by atoms with Crippen molar-refractivity contribution in [3.8, 4) is 0 Å². The molecule has 2 aliphatic rings. The Morgan fingerprint density at radius 1 is 1.04 bits per heavy atom. The Morgan fingerprint density at radius 2 is 1.74 bits per heavy atom. The second kappa shape index (κ2) is 7.22. The van der Waals surface area contributed by atoms with Gasteiger partial charge in [-0.15, -0.1) is 0 Å². The van der Waals surface area contributed by atoms with Gasteiger partial charge in [0.1, 0.15) is 0 Å². The van der Waals surface area contributed by atoms with Crippen molar-refractivity contribution in [2.45, 2.75) is 57.0 Å². The third-order valence-electron chi connectivity index (χ3n) is 5.05. The summed E-state index contributed by atoms with van der Waals surface area (Å²) in [6.07, 6.45) is 8.59. The highest BCUT2D eigenvalue weighted by molar-refractivity contribution is 7.86. The van der Waals surface area contributed by atoms with Crippen molar-refractivity contribution in [3.63, 3.8) is 0 Å². The van der Waals surface area contributed by atoms with E-state index in [1.54, 1.807) is 0 Å². The predicted molar refractivity (Wildman–Crippen MR) is 93.4 cm³/mol. The Balaban J connectivity index is 1.62. The Kier molecular flexibility index (Phi) is 5.27. The van der Waals surface area contributed by atoms with Crippen molar-refractivity contribution in [1.29, 1.82) is 0 Å². The molecule has 0 radical (unpaired) electrons. The van der Waals surface area contributed by atoms with Crippen LogP contribution in [0.15, 0.2) is 24.3 Å². The third-order valence-corrected chi connectivity index (χ3v) is 5.67. The molecule has 2 fully saturated rings. The van der Waals surface area contributed by atoms with Gasteiger partial charge < -0.3 is 4.90 Å². The summed E-state index contributed by atoms with van der Waals surface area (Å²) < 4.78 is 27.6. The summed E-state index contributed by atoms with van der Waals surface area (Å²) in [5.41, 5.74) is 2.74. The largest absolute Gasteiger partial charge is 0.372 e. The lowest BCUT2D eigenvalue weighted by Gasteiger charge is -2.31. The second-order valence-electron chi connectivity index (χ2n) is 6.92. The molecule has 128 valence electrons. The molecule has 0 unspecified atom stereocenters. The first-order chi connectivity index (χ1) is 11.0. The Bertz CT molecular complexity index is 615. The minimum Gasteiger partial charge on any atom is -0.372 e. The molecule has 4 nitrogen and oxygen atoms in total. The fraction of sp³-hybridized carbons (Fsp3) is 0.667. The van der Waals surface area contributed by atoms with Gasteiger partial charge >= 0.3 is 0 Å². The summed E-state index contributed by atoms with van der Waals surface area (Å²) in [5.74, 6) is 0.527. The normalized spacial score (nSPS) is 26.2. The number of rotatable bonds is 4. The van der Waals surface area contributed by atoms with Crippen LogP contribution in [0, 0.1) is 0 Å². The van der Waals surface area contributed by atoms with Gasteiger partial charge in [0.2, 0.25) is 0 Å². The fourth-order valence-electron chi connectivity index (χ4n) is 3.87. The van der Waals surface area contributed by atoms with Gasteiger partial charge in [-0.05, 0) is 68.6 Å². The molecule has 1 heterocycles. The van der Waals surface area contributed by atoms with Crippen LogP contribution >= 0.6 is 0 Å². The van der Waals surface area contributed by atoms with Crippen LogP contribution in [0.1, 0.15) is 56.4 Å². The van der Waals surface area contributed by atoms with Gasteiger partial charge in [0.25, 0.3) is 10.1 Å². The minimum absolute atomic E-state index is 0.133. The summed E-state index contributed by atoms with van der Waals surface area (Å²) in [6, 6.07) is 8.94. The molecule has 0 bridgehead atoms. The van der Waals surface area contributed by atoms with Crippen molar-refractivity contribution in [2.75, 3.05) is 24.2 Å². The highest BCUT2D eigenvalue weighted by atomic mass is 32.2. The Morgan fingerprint density at radius 3 is 2.39 bits per heavy atom. The summed E-state index contributed by atoms with van der Waals surface area (Å²) >= 11 is 0. The zero-order chi connectivity index (χ0) is 16.3. The summed E-state index contributed by atoms with van der Waals surface area (Å²) in [4.78, 5) is 2.49. The highest BCUT2D eigenvalue weighted by Crippen LogP contribution is 2.36. The maximum absolute atomic E-state index is 11.2. The molecule has 3 rings (SSSR count). The third kappa shape index (κ3) is 4.70. The van der Waals surface area contributed by atoms with Crippen molar-refractivity contribution in [3.05, 3.63) is 29.8 Å². The molecule has 23 heavy (non-hydrogen) atoms. The van der Waals surface area contributed by atoms with E-state index in [-0.39, 0.29) is 6.10 Å². The van der Waals surface area contributed by atoms with E-state index in [2.05, 4.69) is 29.2 Å². The van der Waals surface area contributed by atoms with Crippen LogP contribution in [0.25, 0.3) is 0 Å². The molecule has 1 aliphatic carbocycles. The maximum Gasteiger partial charge on any atom is 0.264 e. The molecule has 0 spiro atoms. The number of benzene rings is 1. The molecule has 5 heteroatoms. The van der Waals surface area contributed by atoms with Crippen LogP contribution in [0.4, 0.5) is 5.69 Å². The summed E-state index contributed by atoms with van der Waals surface area (Å²) in [5, 5.41) is 0. The molecule has 1 aliphatic heterocycles. The molecule has 1 saturated carbocycles. The second-order valence-corrected chi connectivity index (χ2v) is 8.52. The SMILES string of the molecule is CS(=O)(=O)OC1CCC(c2cccc(N3CCCCC3)c2)CC1. The number of anilines is 1. The smallest absolute Gasteiger partial charge is 0.264 e. The molecule has 0 aromatic heterocycles. The summed E-state index contributed by atoms with van der Waals surface area (Å²) in [6.45, 7) is 2.33. The first-order valence-corrected chi connectivity index (χ1v) is 10.6. The zero-order valence-corrected chi connectivity index (χ0v) is 14.7. The summed E-state index contributed by atoms with van der Waals surface area (Å²) in [7, 11) is -3.33. The molecular weight excluding hydrogens is 310 g/mol. The van der Waals surface area contributed by atoms with Crippen molar-refractivity contribution >= 4 is 15.8 Å². The van der Waals surface area contributed by atoms with Crippen LogP contribution in [-0.4, -0.2) is 33.9 Å². The first-order valence-electron chi connectivity index (χ1n) is 8.74. The maximum atomic E-state index is 11.2. The van der Waals surface area contributed by atoms with E-state index in [0.717, 1.165) is 31.9 Å². The Hall–Kier alpha value is -1.07. The van der Waals surface area contributed by atoms with E-state index in [9.17, 15) is 8.42 Å². The number of hydrogen-bond acceptors (Lipinski definition) is 4. The van der Waals surface area contributed by atoms with E-state index >= 15 is 0 Å². The quantitative estimate of drug-likeness (QED) is 0.786. The molecular formula is C18H27NO3S. The van der Waals surface area contributed by atoms with Crippen LogP contribution < -0.4 is 4.90 Å². The van der Waals surface area contributed by atoms with Gasteiger partial charge in [-0.3, -0.25) is 4.18 Å². The van der Waals surface area contributed by atoms with Crippen molar-refractivity contribution in [1.82, 2.24) is 0 Å². The molecule has 1 saturated heterocycles. The molecule has 0 N–H and O–H groups in total. The minimum atomic E-state index is -3.33. The van der Waals surface area contributed by atoms with Crippen LogP contribution in [0.2, 0.25) is 0 Å². The Labute approximate surface area is 140 Å². The van der Waals surface area contributed by atoms with E-state index in [0.29, 0.717) is 5.92 Å². The average Bonchev–Trinajstić information content (AvgIpc) is 2.55. The average molecular weight is 337 g/mol. The molecule has 1 aromatic rings. The first kappa shape index (κ1) is 16.8. The number of nitrogens with zero attached hydrogens (tertiary/aromatic N) is 1. The lowest BCUT2D eigenvalue weighted by atomic mass is 9.82. The van der Waals surface area contributed by atoms with Crippen LogP contribution in [0.5, 0.6) is 0 Å². The number of hydrogen-bond donors (Lipinski definition) is 0. The van der Waals surface area contributed by atoms with E-state index in [4.69, 9.17) is 4.18 Å². The van der Waals surface area contributed by atoms with E-state index in [1.165, 1.54) is 43.6 Å². The van der Waals surface area contributed by atoms with Crippen molar-refractivity contribution < 1.29 is 12.6 Å². The van der Waals surface area contributed by atoms with Gasteiger partial charge in [-0.25, -0.2) is 0 Å². The monoisotopic (exact) mass is 337 g/mol. The lowest BCUT2D eigenvalue weighted by Crippen LogP contribution is -2.29. The topological polar surface area (TPSA) is 46.6 Å². The van der Waals surface area contributed by atoms with Gasteiger partial charge in [0.05, 0.1) is 12.4 Å². The van der Waals surface area contributed by atoms with Gasteiger partial charge in [-0.2, -0.15) is 8.42 Å². The zero-order valence-electron chi connectivity index (χ0n) is 13.9. The predicted octanol–water partition coefficient (Wildman–Crippen LogP) is 3.68.